The molecule has 15 N–H and O–H groups in total. The first-order chi connectivity index (χ1) is 25.2. The van der Waals surface area contributed by atoms with Crippen LogP contribution in [0, 0.1) is 11.8 Å². The maximum atomic E-state index is 13.9. The first-order valence-electron chi connectivity index (χ1n) is 17.8. The molecule has 0 saturated heterocycles. The number of guanidine groups is 1. The van der Waals surface area contributed by atoms with Crippen LogP contribution in [0.25, 0.3) is 0 Å². The van der Waals surface area contributed by atoms with Gasteiger partial charge in [-0.3, -0.25) is 33.8 Å². The van der Waals surface area contributed by atoms with Gasteiger partial charge in [0.05, 0.1) is 12.5 Å². The number of nitrogens with one attached hydrogen (secondary N) is 5. The molecule has 0 aliphatic rings. The Kier molecular flexibility index (Phi) is 20.2. The fourth-order valence-electron chi connectivity index (χ4n) is 5.21. The fourth-order valence-corrected chi connectivity index (χ4v) is 5.21. The molecule has 0 bridgehead atoms. The molecule has 1 aromatic carbocycles. The summed E-state index contributed by atoms with van der Waals surface area (Å²) in [7, 11) is 0. The number of carboxylic acid groups (broad SMARTS) is 1. The summed E-state index contributed by atoms with van der Waals surface area (Å²) in [6, 6.07) is 0.883. The maximum Gasteiger partial charge on any atom is 0.326 e. The van der Waals surface area contributed by atoms with Crippen molar-refractivity contribution in [2.75, 3.05) is 6.54 Å². The summed E-state index contributed by atoms with van der Waals surface area (Å²) in [5, 5.41) is 32.1. The van der Waals surface area contributed by atoms with Gasteiger partial charge in [-0.15, -0.1) is 0 Å². The minimum atomic E-state index is -1.67. The normalized spacial score (nSPS) is 15.0. The highest BCUT2D eigenvalue weighted by molar-refractivity contribution is 5.96. The molecule has 7 unspecified atom stereocenters. The number of amides is 6. The van der Waals surface area contributed by atoms with Crippen LogP contribution in [-0.2, 0) is 40.0 Å². The fraction of sp³-hybridized carbons (Fsp3) is 0.600. The van der Waals surface area contributed by atoms with Crippen LogP contribution in [0.1, 0.15) is 72.3 Å². The lowest BCUT2D eigenvalue weighted by atomic mass is 9.98. The van der Waals surface area contributed by atoms with E-state index < -0.39 is 90.2 Å². The van der Waals surface area contributed by atoms with Gasteiger partial charge in [0.25, 0.3) is 0 Å². The van der Waals surface area contributed by atoms with Gasteiger partial charge in [0.1, 0.15) is 36.3 Å². The van der Waals surface area contributed by atoms with E-state index in [1.807, 2.05) is 13.8 Å². The Labute approximate surface area is 315 Å². The average molecular weight is 763 g/mol. The standard InChI is InChI=1S/C35H58N10O9/c1-18(2)14-23(30(49)41-22(12-9-13-40-35(38)39)29(48)45-26(34(53)54)17-27(36)47)42-31(50)24(15-19(3)4)43-32(51)25(16-21-10-7-6-8-11-21)44-33(52)28(37)20(5)46/h6-8,10-11,18-20,22-26,28,46H,9,12-17,37H2,1-5H3,(H2,36,47)(H,41,49)(H,42,50)(H,43,51)(H,44,52)(H,45,48)(H,53,54)(H4,38,39,40). The number of primary amides is 1. The van der Waals surface area contributed by atoms with Gasteiger partial charge in [0.2, 0.25) is 35.4 Å². The van der Waals surface area contributed by atoms with Gasteiger partial charge in [-0.25, -0.2) is 4.79 Å². The van der Waals surface area contributed by atoms with E-state index in [0.29, 0.717) is 5.56 Å². The van der Waals surface area contributed by atoms with Crippen LogP contribution in [0.2, 0.25) is 0 Å². The average Bonchev–Trinajstić information content (AvgIpc) is 3.07. The number of rotatable bonds is 24. The third-order valence-electron chi connectivity index (χ3n) is 8.02. The molecule has 0 aliphatic carbocycles. The number of carbonyl (C=O) groups excluding carboxylic acids is 6. The molecular weight excluding hydrogens is 704 g/mol. The van der Waals surface area contributed by atoms with Gasteiger partial charge >= 0.3 is 5.97 Å². The molecule has 0 heterocycles. The Morgan fingerprint density at radius 2 is 1.11 bits per heavy atom. The first kappa shape index (κ1) is 46.7. The molecule has 7 atom stereocenters. The Balaban J connectivity index is 3.35. The van der Waals surface area contributed by atoms with Crippen molar-refractivity contribution in [2.24, 2.45) is 39.8 Å². The third kappa shape index (κ3) is 18.0. The molecule has 0 fully saturated rings. The predicted octanol–water partition coefficient (Wildman–Crippen LogP) is -2.53. The smallest absolute Gasteiger partial charge is 0.326 e. The molecule has 1 rings (SSSR count). The number of benzene rings is 1. The molecule has 0 saturated carbocycles. The summed E-state index contributed by atoms with van der Waals surface area (Å²) in [5.41, 5.74) is 22.4. The van der Waals surface area contributed by atoms with Gasteiger partial charge in [-0.1, -0.05) is 58.0 Å². The van der Waals surface area contributed by atoms with Crippen molar-refractivity contribution < 1.29 is 43.8 Å². The second-order valence-corrected chi connectivity index (χ2v) is 14.0. The van der Waals surface area contributed by atoms with E-state index >= 15 is 0 Å². The highest BCUT2D eigenvalue weighted by Gasteiger charge is 2.34. The second-order valence-electron chi connectivity index (χ2n) is 14.0. The number of aliphatic hydroxyl groups is 1. The lowest BCUT2D eigenvalue weighted by molar-refractivity contribution is -0.143. The van der Waals surface area contributed by atoms with Gasteiger partial charge < -0.3 is 59.7 Å². The second kappa shape index (κ2) is 23.4. The number of nitrogens with zero attached hydrogens (tertiary/aromatic N) is 1. The van der Waals surface area contributed by atoms with Crippen LogP contribution >= 0.6 is 0 Å². The Bertz CT molecular complexity index is 1450. The van der Waals surface area contributed by atoms with Gasteiger partial charge in [0, 0.05) is 13.0 Å². The summed E-state index contributed by atoms with van der Waals surface area (Å²) < 4.78 is 0. The zero-order valence-electron chi connectivity index (χ0n) is 31.5. The van der Waals surface area contributed by atoms with Crippen molar-refractivity contribution in [3.05, 3.63) is 35.9 Å². The van der Waals surface area contributed by atoms with E-state index in [1.165, 1.54) is 6.92 Å². The number of hydrogen-bond donors (Lipinski definition) is 11. The van der Waals surface area contributed by atoms with Crippen LogP contribution in [-0.4, -0.2) is 106 Å². The summed E-state index contributed by atoms with van der Waals surface area (Å²) in [5.74, 6) is -6.88. The molecule has 0 radical (unpaired) electrons. The summed E-state index contributed by atoms with van der Waals surface area (Å²) in [6.07, 6.45) is -1.51. The van der Waals surface area contributed by atoms with Crippen molar-refractivity contribution in [3.8, 4) is 0 Å². The zero-order chi connectivity index (χ0) is 41.1. The molecule has 19 heteroatoms. The van der Waals surface area contributed by atoms with Crippen LogP contribution in [0.15, 0.2) is 35.3 Å². The Hall–Kier alpha value is -5.30. The quantitative estimate of drug-likeness (QED) is 0.0295. The van der Waals surface area contributed by atoms with Crippen LogP contribution in [0.4, 0.5) is 0 Å². The van der Waals surface area contributed by atoms with E-state index in [1.54, 1.807) is 44.2 Å². The predicted molar refractivity (Wildman–Crippen MR) is 200 cm³/mol. The summed E-state index contributed by atoms with van der Waals surface area (Å²) in [4.78, 5) is 94.4. The monoisotopic (exact) mass is 762 g/mol. The lowest BCUT2D eigenvalue weighted by Gasteiger charge is -2.28. The van der Waals surface area contributed by atoms with E-state index in [0.717, 1.165) is 0 Å². The van der Waals surface area contributed by atoms with Gasteiger partial charge in [-0.2, -0.15) is 0 Å². The maximum absolute atomic E-state index is 13.9. The molecular formula is C35H58N10O9. The largest absolute Gasteiger partial charge is 0.480 e. The summed E-state index contributed by atoms with van der Waals surface area (Å²) in [6.45, 7) is 8.66. The van der Waals surface area contributed by atoms with E-state index in [9.17, 15) is 43.8 Å². The molecule has 1 aromatic rings. The van der Waals surface area contributed by atoms with Gasteiger partial charge in [-0.05, 0) is 50.0 Å². The zero-order valence-corrected chi connectivity index (χ0v) is 31.5. The number of hydrogen-bond acceptors (Lipinski definition) is 10. The highest BCUT2D eigenvalue weighted by Crippen LogP contribution is 2.12. The van der Waals surface area contributed by atoms with Crippen LogP contribution in [0.5, 0.6) is 0 Å². The first-order valence-corrected chi connectivity index (χ1v) is 17.8. The minimum absolute atomic E-state index is 0.0359. The third-order valence-corrected chi connectivity index (χ3v) is 8.02. The number of carbonyl (C=O) groups is 7. The van der Waals surface area contributed by atoms with E-state index in [4.69, 9.17) is 22.9 Å². The minimum Gasteiger partial charge on any atom is -0.480 e. The SMILES string of the molecule is CC(C)CC(NC(=O)C(CC(C)C)NC(=O)C(Cc1ccccc1)NC(=O)C(N)C(C)O)C(=O)NC(CCCN=C(N)N)C(=O)NC(CC(N)=O)C(=O)O. The highest BCUT2D eigenvalue weighted by atomic mass is 16.4. The molecule has 19 nitrogen and oxygen atoms in total. The van der Waals surface area contributed by atoms with E-state index in [2.05, 4.69) is 31.6 Å². The van der Waals surface area contributed by atoms with Crippen molar-refractivity contribution in [1.29, 1.82) is 0 Å². The molecule has 6 amide bonds. The molecule has 302 valence electrons. The number of aliphatic imine (C=N–C) groups is 1. The number of nitrogens with two attached hydrogens (primary N) is 4. The van der Waals surface area contributed by atoms with Crippen molar-refractivity contribution in [1.82, 2.24) is 26.6 Å². The molecule has 0 spiro atoms. The molecule has 54 heavy (non-hydrogen) atoms. The van der Waals surface area contributed by atoms with Gasteiger partial charge in [0.15, 0.2) is 5.96 Å². The van der Waals surface area contributed by atoms with Crippen molar-refractivity contribution >= 4 is 47.4 Å². The van der Waals surface area contributed by atoms with E-state index in [-0.39, 0.29) is 56.4 Å². The Morgan fingerprint density at radius 3 is 1.56 bits per heavy atom. The number of carboxylic acids is 1. The lowest BCUT2D eigenvalue weighted by Crippen LogP contribution is -2.60. The number of aliphatic carboxylic acids is 1. The Morgan fingerprint density at radius 1 is 0.667 bits per heavy atom. The van der Waals surface area contributed by atoms with Crippen molar-refractivity contribution in [3.63, 3.8) is 0 Å². The summed E-state index contributed by atoms with van der Waals surface area (Å²) >= 11 is 0. The molecule has 0 aliphatic heterocycles. The topological polar surface area (TPSA) is 337 Å². The van der Waals surface area contributed by atoms with Crippen molar-refractivity contribution in [2.45, 2.75) is 115 Å². The number of aliphatic hydroxyl groups excluding tert-OH is 1. The van der Waals surface area contributed by atoms with Crippen LogP contribution < -0.4 is 49.5 Å². The molecule has 0 aromatic heterocycles. The van der Waals surface area contributed by atoms with Crippen LogP contribution in [0.3, 0.4) is 0 Å².